The van der Waals surface area contributed by atoms with Crippen LogP contribution in [0.15, 0.2) is 65.8 Å². The number of amides is 1. The zero-order valence-corrected chi connectivity index (χ0v) is 27.8. The standard InChI is InChI=1S/C16H21NO.C8H10.C7H9F3O.C3H7N.C2H6/c1-5-13-6-7-14-9-16(4,10-15(14)8-13)11(2)17-12(3)18;1-2-8-6-4-3-5-7-8;1-5(11)6(3-2-4-6)7(8,9)10;1-3-4-2;1-2/h6-8H,2,5,9-10H2,1,3-4H3,(H,17,18);3-7H,2H2,1H3;2-4H2,1H3;3H,1-2H3;1-2H3. The monoisotopic (exact) mass is 602 g/mol. The Morgan fingerprint density at radius 1 is 0.953 bits per heavy atom. The smallest absolute Gasteiger partial charge is 0.330 e. The van der Waals surface area contributed by atoms with Crippen LogP contribution in [-0.2, 0) is 35.3 Å². The number of hydrogen-bond donors (Lipinski definition) is 1. The van der Waals surface area contributed by atoms with Crippen LogP contribution in [0.5, 0.6) is 0 Å². The lowest BCUT2D eigenvalue weighted by molar-refractivity contribution is -0.240. The second-order valence-corrected chi connectivity index (χ2v) is 10.9. The number of benzene rings is 2. The van der Waals surface area contributed by atoms with Gasteiger partial charge in [0.25, 0.3) is 0 Å². The van der Waals surface area contributed by atoms with Gasteiger partial charge in [-0.2, -0.15) is 13.2 Å². The third kappa shape index (κ3) is 12.1. The quantitative estimate of drug-likeness (QED) is 0.347. The van der Waals surface area contributed by atoms with Gasteiger partial charge in [0.05, 0.1) is 0 Å². The molecule has 1 unspecified atom stereocenters. The van der Waals surface area contributed by atoms with E-state index in [1.807, 2.05) is 26.8 Å². The van der Waals surface area contributed by atoms with Crippen molar-refractivity contribution in [1.82, 2.24) is 5.32 Å². The summed E-state index contributed by atoms with van der Waals surface area (Å²) in [5.74, 6) is -0.775. The second-order valence-electron chi connectivity index (χ2n) is 10.9. The van der Waals surface area contributed by atoms with Crippen molar-refractivity contribution in [3.63, 3.8) is 0 Å². The first-order chi connectivity index (χ1) is 20.2. The molecule has 0 aliphatic heterocycles. The normalized spacial score (nSPS) is 17.5. The molecule has 0 saturated heterocycles. The Morgan fingerprint density at radius 2 is 1.47 bits per heavy atom. The van der Waals surface area contributed by atoms with Gasteiger partial charge < -0.3 is 10.3 Å². The van der Waals surface area contributed by atoms with Gasteiger partial charge in [-0.05, 0) is 80.8 Å². The largest absolute Gasteiger partial charge is 0.401 e. The fraction of sp³-hybridized carbons (Fsp3) is 0.528. The summed E-state index contributed by atoms with van der Waals surface area (Å²) in [6.07, 6.45) is 2.02. The number of Topliss-reactive ketones (excluding diaryl/α,β-unsaturated/α-hetero) is 1. The Kier molecular flexibility index (Phi) is 17.7. The zero-order chi connectivity index (χ0) is 33.3. The highest BCUT2D eigenvalue weighted by Crippen LogP contribution is 2.53. The highest BCUT2D eigenvalue weighted by atomic mass is 19.4. The van der Waals surface area contributed by atoms with Crippen LogP contribution < -0.4 is 5.32 Å². The summed E-state index contributed by atoms with van der Waals surface area (Å²) >= 11 is 0. The molecule has 0 aromatic heterocycles. The van der Waals surface area contributed by atoms with E-state index in [9.17, 15) is 22.8 Å². The molecule has 1 N–H and O–H groups in total. The van der Waals surface area contributed by atoms with Crippen molar-refractivity contribution in [1.29, 1.82) is 0 Å². The first kappa shape index (κ1) is 39.8. The number of nitrogens with zero attached hydrogens (tertiary/aromatic N) is 1. The molecule has 0 bridgehead atoms. The van der Waals surface area contributed by atoms with Gasteiger partial charge >= 0.3 is 6.18 Å². The van der Waals surface area contributed by atoms with Crippen molar-refractivity contribution >= 4 is 17.9 Å². The average molecular weight is 603 g/mol. The number of aryl methyl sites for hydroxylation is 2. The molecule has 1 fully saturated rings. The van der Waals surface area contributed by atoms with Crippen molar-refractivity contribution < 1.29 is 22.8 Å². The first-order valence-electron chi connectivity index (χ1n) is 15.3. The fourth-order valence-corrected chi connectivity index (χ4v) is 4.80. The number of allylic oxidation sites excluding steroid dienone is 1. The Morgan fingerprint density at radius 3 is 1.79 bits per heavy atom. The second kappa shape index (κ2) is 19.1. The summed E-state index contributed by atoms with van der Waals surface area (Å²) < 4.78 is 36.6. The molecule has 2 aromatic rings. The van der Waals surface area contributed by atoms with Crippen LogP contribution in [0.3, 0.4) is 0 Å². The maximum Gasteiger partial charge on any atom is 0.401 e. The molecule has 1 amide bonds. The van der Waals surface area contributed by atoms with E-state index in [0.29, 0.717) is 6.42 Å². The van der Waals surface area contributed by atoms with Gasteiger partial charge in [0.15, 0.2) is 0 Å². The molecule has 7 heteroatoms. The lowest BCUT2D eigenvalue weighted by Crippen LogP contribution is -2.49. The molecule has 2 aromatic carbocycles. The predicted octanol–water partition coefficient (Wildman–Crippen LogP) is 9.29. The van der Waals surface area contributed by atoms with Gasteiger partial charge in [-0.25, -0.2) is 0 Å². The summed E-state index contributed by atoms with van der Waals surface area (Å²) in [7, 11) is 1.75. The van der Waals surface area contributed by atoms with Gasteiger partial charge in [0.2, 0.25) is 5.91 Å². The van der Waals surface area contributed by atoms with E-state index < -0.39 is 17.4 Å². The van der Waals surface area contributed by atoms with Gasteiger partial charge in [0.1, 0.15) is 11.2 Å². The summed E-state index contributed by atoms with van der Waals surface area (Å²) in [5.41, 5.74) is 4.40. The van der Waals surface area contributed by atoms with Crippen LogP contribution in [0.25, 0.3) is 0 Å². The van der Waals surface area contributed by atoms with E-state index in [4.69, 9.17) is 0 Å². The van der Waals surface area contributed by atoms with Crippen LogP contribution in [-0.4, -0.2) is 31.1 Å². The molecule has 240 valence electrons. The molecule has 1 atom stereocenters. The van der Waals surface area contributed by atoms with Crippen molar-refractivity contribution in [3.05, 3.63) is 83.1 Å². The van der Waals surface area contributed by atoms with E-state index in [1.54, 1.807) is 13.3 Å². The van der Waals surface area contributed by atoms with Crippen LogP contribution in [0.2, 0.25) is 0 Å². The molecule has 2 aliphatic rings. The SMILES string of the molecule is C=C(NC(C)=O)C1(C)Cc2ccc(CC)cc2C1.CC.CC(=O)C1(C(F)(F)F)CCC1.CC=NC.CCc1ccccc1. The van der Waals surface area contributed by atoms with Crippen molar-refractivity contribution in [2.45, 2.75) is 107 Å². The lowest BCUT2D eigenvalue weighted by Gasteiger charge is -2.40. The van der Waals surface area contributed by atoms with Crippen LogP contribution in [0.4, 0.5) is 13.2 Å². The minimum Gasteiger partial charge on any atom is -0.330 e. The van der Waals surface area contributed by atoms with E-state index in [2.05, 4.69) is 80.1 Å². The summed E-state index contributed by atoms with van der Waals surface area (Å²) in [5, 5.41) is 2.86. The minimum atomic E-state index is -4.34. The first-order valence-corrected chi connectivity index (χ1v) is 15.3. The van der Waals surface area contributed by atoms with E-state index in [1.165, 1.54) is 29.2 Å². The van der Waals surface area contributed by atoms with Crippen molar-refractivity contribution in [3.8, 4) is 0 Å². The Labute approximate surface area is 258 Å². The van der Waals surface area contributed by atoms with Gasteiger partial charge in [-0.3, -0.25) is 9.59 Å². The number of aliphatic imine (C=N–C) groups is 1. The van der Waals surface area contributed by atoms with Crippen LogP contribution in [0.1, 0.15) is 96.9 Å². The molecule has 0 radical (unpaired) electrons. The van der Waals surface area contributed by atoms with Crippen LogP contribution in [0, 0.1) is 10.8 Å². The number of halogens is 3. The zero-order valence-electron chi connectivity index (χ0n) is 27.8. The van der Waals surface area contributed by atoms with Gasteiger partial charge in [-0.1, -0.05) is 96.1 Å². The molecule has 2 aliphatic carbocycles. The van der Waals surface area contributed by atoms with E-state index >= 15 is 0 Å². The number of ketones is 1. The molecule has 0 heterocycles. The molecule has 43 heavy (non-hydrogen) atoms. The molecule has 1 saturated carbocycles. The average Bonchev–Trinajstić information content (AvgIpc) is 3.30. The lowest BCUT2D eigenvalue weighted by atomic mass is 9.66. The minimum absolute atomic E-state index is 0.0220. The Balaban J connectivity index is 0.000000602. The number of nitrogens with one attached hydrogen (secondary N) is 1. The summed E-state index contributed by atoms with van der Waals surface area (Å²) in [6, 6.07) is 17.2. The Hall–Kier alpha value is -3.22. The molecular weight excluding hydrogens is 549 g/mol. The van der Waals surface area contributed by atoms with E-state index in [-0.39, 0.29) is 24.2 Å². The highest BCUT2D eigenvalue weighted by molar-refractivity contribution is 5.84. The van der Waals surface area contributed by atoms with Crippen molar-refractivity contribution in [2.75, 3.05) is 7.05 Å². The third-order valence-electron chi connectivity index (χ3n) is 7.83. The predicted molar refractivity (Wildman–Crippen MR) is 175 cm³/mol. The number of carbonyl (C=O) groups excluding carboxylic acids is 2. The van der Waals surface area contributed by atoms with Gasteiger partial charge in [0, 0.05) is 25.1 Å². The number of carbonyl (C=O) groups is 2. The highest BCUT2D eigenvalue weighted by Gasteiger charge is 2.61. The topological polar surface area (TPSA) is 58.5 Å². The van der Waals surface area contributed by atoms with Crippen LogP contribution >= 0.6 is 0 Å². The maximum absolute atomic E-state index is 12.2. The number of fused-ring (bicyclic) bond motifs is 1. The summed E-state index contributed by atoms with van der Waals surface area (Å²) in [6.45, 7) is 19.0. The molecule has 4 rings (SSSR count). The number of hydrogen-bond acceptors (Lipinski definition) is 3. The van der Waals surface area contributed by atoms with E-state index in [0.717, 1.165) is 38.3 Å². The van der Waals surface area contributed by atoms with Gasteiger partial charge in [-0.15, -0.1) is 0 Å². The number of alkyl halides is 3. The molecule has 4 nitrogen and oxygen atoms in total. The maximum atomic E-state index is 12.2. The van der Waals surface area contributed by atoms with Crippen molar-refractivity contribution in [2.24, 2.45) is 15.8 Å². The fourth-order valence-electron chi connectivity index (χ4n) is 4.80. The summed E-state index contributed by atoms with van der Waals surface area (Å²) in [4.78, 5) is 25.4. The molecular formula is C36H53F3N2O2. The molecule has 0 spiro atoms. The third-order valence-corrected chi connectivity index (χ3v) is 7.83. The number of rotatable bonds is 5. The Bertz CT molecular complexity index is 1160.